The molecular formula is C13H19N5. The van der Waals surface area contributed by atoms with E-state index in [-0.39, 0.29) is 0 Å². The number of aryl methyl sites for hydroxylation is 1. The van der Waals surface area contributed by atoms with Crippen LogP contribution in [0.2, 0.25) is 0 Å². The van der Waals surface area contributed by atoms with Crippen LogP contribution in [0.15, 0.2) is 30.7 Å². The summed E-state index contributed by atoms with van der Waals surface area (Å²) in [5, 5.41) is 11.6. The maximum Gasteiger partial charge on any atom is 0.0842 e. The van der Waals surface area contributed by atoms with Crippen LogP contribution in [0.3, 0.4) is 0 Å². The highest BCUT2D eigenvalue weighted by molar-refractivity contribution is 5.12. The van der Waals surface area contributed by atoms with Crippen LogP contribution in [0.4, 0.5) is 0 Å². The third-order valence-corrected chi connectivity index (χ3v) is 2.83. The molecule has 2 heterocycles. The molecule has 0 aliphatic rings. The molecule has 5 nitrogen and oxygen atoms in total. The third-order valence-electron chi connectivity index (χ3n) is 2.83. The Bertz CT molecular complexity index is 465. The number of nitrogens with zero attached hydrogens (tertiary/aromatic N) is 4. The van der Waals surface area contributed by atoms with Gasteiger partial charge in [-0.15, -0.1) is 5.10 Å². The first-order chi connectivity index (χ1) is 8.78. The molecule has 5 heteroatoms. The quantitative estimate of drug-likeness (QED) is 0.824. The van der Waals surface area contributed by atoms with Crippen molar-refractivity contribution in [3.05, 3.63) is 42.0 Å². The number of aromatic nitrogens is 4. The fraction of sp³-hybridized carbons (Fsp3) is 0.462. The lowest BCUT2D eigenvalue weighted by Gasteiger charge is -2.16. The van der Waals surface area contributed by atoms with Crippen molar-refractivity contribution in [2.75, 3.05) is 6.54 Å². The van der Waals surface area contributed by atoms with Crippen molar-refractivity contribution in [1.29, 1.82) is 0 Å². The van der Waals surface area contributed by atoms with Gasteiger partial charge in [-0.05, 0) is 30.7 Å². The fourth-order valence-corrected chi connectivity index (χ4v) is 2.05. The van der Waals surface area contributed by atoms with Gasteiger partial charge < -0.3 is 5.32 Å². The van der Waals surface area contributed by atoms with Gasteiger partial charge in [-0.25, -0.2) is 0 Å². The number of hydrogen-bond acceptors (Lipinski definition) is 4. The molecule has 0 aliphatic heterocycles. The Kier molecular flexibility index (Phi) is 4.41. The average molecular weight is 245 g/mol. The van der Waals surface area contributed by atoms with Gasteiger partial charge in [0.1, 0.15) is 0 Å². The molecule has 2 aromatic rings. The van der Waals surface area contributed by atoms with Crippen LogP contribution < -0.4 is 5.32 Å². The van der Waals surface area contributed by atoms with Gasteiger partial charge in [0.25, 0.3) is 0 Å². The minimum absolute atomic E-state index is 0.383. The van der Waals surface area contributed by atoms with E-state index in [4.69, 9.17) is 0 Å². The summed E-state index contributed by atoms with van der Waals surface area (Å²) in [6.07, 6.45) is 7.51. The Balaban J connectivity index is 1.99. The Morgan fingerprint density at radius 2 is 2.06 bits per heavy atom. The molecule has 0 bridgehead atoms. The van der Waals surface area contributed by atoms with Gasteiger partial charge in [0.15, 0.2) is 0 Å². The Morgan fingerprint density at radius 1 is 1.28 bits per heavy atom. The topological polar surface area (TPSA) is 55.6 Å². The van der Waals surface area contributed by atoms with E-state index >= 15 is 0 Å². The Labute approximate surface area is 107 Å². The molecule has 0 aromatic carbocycles. The van der Waals surface area contributed by atoms with E-state index in [1.165, 1.54) is 5.56 Å². The Hall–Kier alpha value is -1.75. The van der Waals surface area contributed by atoms with Gasteiger partial charge in [0.2, 0.25) is 0 Å². The zero-order valence-corrected chi connectivity index (χ0v) is 10.9. The van der Waals surface area contributed by atoms with E-state index in [0.29, 0.717) is 6.04 Å². The minimum Gasteiger partial charge on any atom is -0.314 e. The van der Waals surface area contributed by atoms with Crippen LogP contribution in [0.1, 0.15) is 18.2 Å². The molecule has 2 aromatic heterocycles. The molecule has 1 N–H and O–H groups in total. The van der Waals surface area contributed by atoms with Gasteiger partial charge in [-0.3, -0.25) is 9.67 Å². The fourth-order valence-electron chi connectivity index (χ4n) is 2.05. The molecule has 0 aliphatic carbocycles. The predicted octanol–water partition coefficient (Wildman–Crippen LogP) is 0.973. The number of rotatable bonds is 6. The second-order valence-electron chi connectivity index (χ2n) is 4.40. The molecular weight excluding hydrogens is 226 g/mol. The lowest BCUT2D eigenvalue weighted by molar-refractivity contribution is 0.516. The first kappa shape index (κ1) is 12.7. The number of likely N-dealkylation sites (N-methyl/N-ethyl adjacent to an activating group) is 1. The summed E-state index contributed by atoms with van der Waals surface area (Å²) in [7, 11) is 1.89. The van der Waals surface area contributed by atoms with Gasteiger partial charge >= 0.3 is 0 Å². The minimum atomic E-state index is 0.383. The predicted molar refractivity (Wildman–Crippen MR) is 70.1 cm³/mol. The highest BCUT2D eigenvalue weighted by atomic mass is 15.4. The first-order valence-electron chi connectivity index (χ1n) is 6.25. The maximum absolute atomic E-state index is 4.14. The number of nitrogens with one attached hydrogen (secondary N) is 1. The van der Waals surface area contributed by atoms with Gasteiger partial charge in [0, 0.05) is 38.1 Å². The van der Waals surface area contributed by atoms with Crippen molar-refractivity contribution < 1.29 is 0 Å². The van der Waals surface area contributed by atoms with Gasteiger partial charge in [-0.2, -0.15) is 0 Å². The smallest absolute Gasteiger partial charge is 0.0842 e. The summed E-state index contributed by atoms with van der Waals surface area (Å²) in [4.78, 5) is 4.04. The highest BCUT2D eigenvalue weighted by Crippen LogP contribution is 2.06. The molecule has 2 rings (SSSR count). The van der Waals surface area contributed by atoms with Gasteiger partial charge in [-0.1, -0.05) is 12.1 Å². The zero-order chi connectivity index (χ0) is 12.8. The summed E-state index contributed by atoms with van der Waals surface area (Å²) in [5.41, 5.74) is 2.32. The molecule has 96 valence electrons. The van der Waals surface area contributed by atoms with E-state index in [2.05, 4.69) is 39.7 Å². The summed E-state index contributed by atoms with van der Waals surface area (Å²) in [6.45, 7) is 3.08. The average Bonchev–Trinajstić information content (AvgIpc) is 2.76. The largest absolute Gasteiger partial charge is 0.314 e. The molecule has 1 atom stereocenters. The molecule has 0 saturated carbocycles. The van der Waals surface area contributed by atoms with Crippen molar-refractivity contribution in [2.45, 2.75) is 25.8 Å². The number of hydrogen-bond donors (Lipinski definition) is 1. The normalized spacial score (nSPS) is 12.6. The zero-order valence-electron chi connectivity index (χ0n) is 10.9. The second kappa shape index (κ2) is 6.26. The standard InChI is InChI=1S/C13H19N5/c1-3-15-12(8-11-4-6-14-7-5-11)9-13-10-18(2)17-16-13/h4-7,10,12,15H,3,8-9H2,1-2H3. The summed E-state index contributed by atoms with van der Waals surface area (Å²) in [6, 6.07) is 4.50. The lowest BCUT2D eigenvalue weighted by Crippen LogP contribution is -2.33. The van der Waals surface area contributed by atoms with E-state index in [1.54, 1.807) is 4.68 Å². The van der Waals surface area contributed by atoms with Crippen molar-refractivity contribution in [3.8, 4) is 0 Å². The van der Waals surface area contributed by atoms with Gasteiger partial charge in [0.05, 0.1) is 5.69 Å². The first-order valence-corrected chi connectivity index (χ1v) is 6.25. The monoisotopic (exact) mass is 245 g/mol. The second-order valence-corrected chi connectivity index (χ2v) is 4.40. The van der Waals surface area contributed by atoms with Crippen molar-refractivity contribution in [3.63, 3.8) is 0 Å². The van der Waals surface area contributed by atoms with E-state index in [1.807, 2.05) is 25.6 Å². The molecule has 18 heavy (non-hydrogen) atoms. The van der Waals surface area contributed by atoms with Crippen molar-refractivity contribution in [2.24, 2.45) is 7.05 Å². The van der Waals surface area contributed by atoms with Crippen LogP contribution >= 0.6 is 0 Å². The number of pyridine rings is 1. The van der Waals surface area contributed by atoms with E-state index in [0.717, 1.165) is 25.1 Å². The molecule has 0 fully saturated rings. The van der Waals surface area contributed by atoms with E-state index in [9.17, 15) is 0 Å². The van der Waals surface area contributed by atoms with Crippen LogP contribution in [-0.2, 0) is 19.9 Å². The van der Waals surface area contributed by atoms with Crippen molar-refractivity contribution >= 4 is 0 Å². The highest BCUT2D eigenvalue weighted by Gasteiger charge is 2.11. The molecule has 0 spiro atoms. The third kappa shape index (κ3) is 3.63. The summed E-state index contributed by atoms with van der Waals surface area (Å²) in [5.74, 6) is 0. The SMILES string of the molecule is CCNC(Cc1ccncc1)Cc1cn(C)nn1. The van der Waals surface area contributed by atoms with Crippen LogP contribution in [0, 0.1) is 0 Å². The van der Waals surface area contributed by atoms with Crippen LogP contribution in [-0.4, -0.2) is 32.6 Å². The summed E-state index contributed by atoms with van der Waals surface area (Å²) >= 11 is 0. The molecule has 0 radical (unpaired) electrons. The molecule has 1 unspecified atom stereocenters. The van der Waals surface area contributed by atoms with Crippen LogP contribution in [0.5, 0.6) is 0 Å². The van der Waals surface area contributed by atoms with Crippen LogP contribution in [0.25, 0.3) is 0 Å². The Morgan fingerprint density at radius 3 is 2.67 bits per heavy atom. The summed E-state index contributed by atoms with van der Waals surface area (Å²) < 4.78 is 1.74. The van der Waals surface area contributed by atoms with E-state index < -0.39 is 0 Å². The molecule has 0 saturated heterocycles. The van der Waals surface area contributed by atoms with Crippen molar-refractivity contribution in [1.82, 2.24) is 25.3 Å². The lowest BCUT2D eigenvalue weighted by atomic mass is 10.0. The maximum atomic E-state index is 4.14. The molecule has 0 amide bonds.